The summed E-state index contributed by atoms with van der Waals surface area (Å²) in [6, 6.07) is 3.92. The average molecular weight is 193 g/mol. The predicted octanol–water partition coefficient (Wildman–Crippen LogP) is 0.0429. The van der Waals surface area contributed by atoms with Crippen molar-refractivity contribution in [2.45, 2.75) is 6.04 Å². The van der Waals surface area contributed by atoms with Gasteiger partial charge in [-0.25, -0.2) is 16.1 Å². The fourth-order valence-corrected chi connectivity index (χ4v) is 1.41. The lowest BCUT2D eigenvalue weighted by atomic mass is 10.1. The summed E-state index contributed by atoms with van der Waals surface area (Å²) < 4.78 is 5.33. The number of nitrogens with two attached hydrogens (primary N) is 1. The fraction of sp³-hybridized carbons (Fsp3) is 0.444. The van der Waals surface area contributed by atoms with Gasteiger partial charge in [-0.2, -0.15) is 0 Å². The number of ether oxygens (including phenoxy) is 1. The molecule has 1 unspecified atom stereocenters. The molecule has 1 radical (unpaired) electrons. The summed E-state index contributed by atoms with van der Waals surface area (Å²) in [5, 5.41) is 4.44. The van der Waals surface area contributed by atoms with Gasteiger partial charge in [0.1, 0.15) is 5.82 Å². The summed E-state index contributed by atoms with van der Waals surface area (Å²) in [5.74, 6) is 5.88. The van der Waals surface area contributed by atoms with E-state index < -0.39 is 0 Å². The molecule has 1 saturated heterocycles. The molecular weight excluding hydrogens is 180 g/mol. The maximum Gasteiger partial charge on any atom is 0.139 e. The Balaban J connectivity index is 2.07. The van der Waals surface area contributed by atoms with Crippen LogP contribution in [0.2, 0.25) is 0 Å². The summed E-state index contributed by atoms with van der Waals surface area (Å²) in [6.07, 6.45) is 1.78. The zero-order valence-corrected chi connectivity index (χ0v) is 7.81. The number of rotatable bonds is 2. The number of hydrogen-bond donors (Lipinski definition) is 2. The average Bonchev–Trinajstić information content (AvgIpc) is 2.30. The Morgan fingerprint density at radius 2 is 2.43 bits per heavy atom. The van der Waals surface area contributed by atoms with E-state index in [2.05, 4.69) is 15.7 Å². The first kappa shape index (κ1) is 9.39. The van der Waals surface area contributed by atoms with Gasteiger partial charge >= 0.3 is 0 Å². The van der Waals surface area contributed by atoms with E-state index in [4.69, 9.17) is 10.6 Å². The van der Waals surface area contributed by atoms with Crippen molar-refractivity contribution in [1.29, 1.82) is 0 Å². The van der Waals surface area contributed by atoms with Gasteiger partial charge in [0.05, 0.1) is 19.3 Å². The van der Waals surface area contributed by atoms with Crippen molar-refractivity contribution < 1.29 is 4.74 Å². The number of aromatic nitrogens is 1. The van der Waals surface area contributed by atoms with E-state index in [0.29, 0.717) is 12.4 Å². The maximum atomic E-state index is 5.33. The highest BCUT2D eigenvalue weighted by Gasteiger charge is 2.16. The van der Waals surface area contributed by atoms with Gasteiger partial charge in [0.25, 0.3) is 0 Å². The quantitative estimate of drug-likeness (QED) is 0.514. The Bertz CT molecular complexity index is 281. The summed E-state index contributed by atoms with van der Waals surface area (Å²) in [5.41, 5.74) is 3.56. The van der Waals surface area contributed by atoms with E-state index in [-0.39, 0.29) is 6.04 Å². The molecule has 5 nitrogen and oxygen atoms in total. The molecule has 0 saturated carbocycles. The highest BCUT2D eigenvalue weighted by Crippen LogP contribution is 2.16. The lowest BCUT2D eigenvalue weighted by Crippen LogP contribution is -2.29. The van der Waals surface area contributed by atoms with Crippen LogP contribution in [0.4, 0.5) is 5.82 Å². The second-order valence-corrected chi connectivity index (χ2v) is 3.12. The minimum atomic E-state index is 0.128. The van der Waals surface area contributed by atoms with Crippen molar-refractivity contribution in [2.75, 3.05) is 25.2 Å². The molecule has 2 rings (SSSR count). The van der Waals surface area contributed by atoms with Crippen molar-refractivity contribution in [3.8, 4) is 0 Å². The molecule has 1 atom stereocenters. The molecule has 1 fully saturated rings. The normalized spacial score (nSPS) is 21.9. The van der Waals surface area contributed by atoms with Gasteiger partial charge in [-0.15, -0.1) is 0 Å². The van der Waals surface area contributed by atoms with Crippen LogP contribution in [0.5, 0.6) is 0 Å². The number of nitrogens with zero attached hydrogens (tertiary/aromatic N) is 2. The summed E-state index contributed by atoms with van der Waals surface area (Å²) in [6.45, 7) is 2.14. The third-order valence-electron chi connectivity index (χ3n) is 2.18. The monoisotopic (exact) mass is 193 g/mol. The largest absolute Gasteiger partial charge is 0.378 e. The van der Waals surface area contributed by atoms with E-state index in [1.807, 2.05) is 12.1 Å². The van der Waals surface area contributed by atoms with Crippen LogP contribution in [-0.2, 0) is 4.74 Å². The van der Waals surface area contributed by atoms with Crippen LogP contribution in [0.3, 0.4) is 0 Å². The number of nitrogens with one attached hydrogen (secondary N) is 1. The number of pyridine rings is 1. The molecule has 0 spiro atoms. The third-order valence-corrected chi connectivity index (χ3v) is 2.18. The lowest BCUT2D eigenvalue weighted by Gasteiger charge is -2.22. The number of hydrazine groups is 1. The molecule has 14 heavy (non-hydrogen) atoms. The number of nitrogen functional groups attached to an aromatic ring is 1. The van der Waals surface area contributed by atoms with E-state index >= 15 is 0 Å². The van der Waals surface area contributed by atoms with Crippen LogP contribution in [0, 0.1) is 0 Å². The Morgan fingerprint density at radius 3 is 3.00 bits per heavy atom. The van der Waals surface area contributed by atoms with Gasteiger partial charge in [-0.1, -0.05) is 6.07 Å². The van der Waals surface area contributed by atoms with Crippen molar-refractivity contribution in [1.82, 2.24) is 10.3 Å². The smallest absolute Gasteiger partial charge is 0.139 e. The minimum absolute atomic E-state index is 0.128. The van der Waals surface area contributed by atoms with Crippen LogP contribution in [0.15, 0.2) is 18.3 Å². The number of anilines is 1. The summed E-state index contributed by atoms with van der Waals surface area (Å²) >= 11 is 0. The molecule has 1 aromatic rings. The van der Waals surface area contributed by atoms with Crippen molar-refractivity contribution in [2.24, 2.45) is 5.84 Å². The second-order valence-electron chi connectivity index (χ2n) is 3.12. The molecular formula is C9H13N4O. The molecule has 1 aliphatic rings. The molecule has 0 amide bonds. The van der Waals surface area contributed by atoms with Crippen molar-refractivity contribution in [3.63, 3.8) is 0 Å². The SMILES string of the molecule is NNc1ccc(C2COCC[N]2)cn1. The van der Waals surface area contributed by atoms with Crippen LogP contribution >= 0.6 is 0 Å². The third kappa shape index (κ3) is 2.01. The van der Waals surface area contributed by atoms with Crippen LogP contribution in [0.1, 0.15) is 11.6 Å². The van der Waals surface area contributed by atoms with Gasteiger partial charge in [0.15, 0.2) is 0 Å². The summed E-state index contributed by atoms with van der Waals surface area (Å²) in [7, 11) is 0. The van der Waals surface area contributed by atoms with Crippen LogP contribution in [-0.4, -0.2) is 24.7 Å². The second kappa shape index (κ2) is 4.36. The van der Waals surface area contributed by atoms with Gasteiger partial charge in [0, 0.05) is 12.7 Å². The molecule has 2 heterocycles. The lowest BCUT2D eigenvalue weighted by molar-refractivity contribution is 0.0744. The zero-order chi connectivity index (χ0) is 9.80. The molecule has 3 N–H and O–H groups in total. The van der Waals surface area contributed by atoms with E-state index in [1.54, 1.807) is 6.20 Å². The van der Waals surface area contributed by atoms with Crippen molar-refractivity contribution >= 4 is 5.82 Å². The van der Waals surface area contributed by atoms with E-state index in [1.165, 1.54) is 0 Å². The van der Waals surface area contributed by atoms with Crippen LogP contribution < -0.4 is 16.6 Å². The maximum absolute atomic E-state index is 5.33. The fourth-order valence-electron chi connectivity index (χ4n) is 1.41. The Labute approximate surface area is 82.6 Å². The first-order valence-corrected chi connectivity index (χ1v) is 4.57. The predicted molar refractivity (Wildman–Crippen MR) is 52.6 cm³/mol. The Hall–Kier alpha value is -1.17. The number of morpholine rings is 1. The van der Waals surface area contributed by atoms with Crippen molar-refractivity contribution in [3.05, 3.63) is 23.9 Å². The van der Waals surface area contributed by atoms with E-state index in [0.717, 1.165) is 18.7 Å². The Kier molecular flexibility index (Phi) is 2.93. The van der Waals surface area contributed by atoms with E-state index in [9.17, 15) is 0 Å². The standard InChI is InChI=1S/C9H13N4O/c10-13-9-2-1-7(5-12-9)8-6-14-4-3-11-8/h1-2,5,8H,3-4,6,10H2,(H,12,13). The number of hydrogen-bond acceptors (Lipinski definition) is 4. The summed E-state index contributed by atoms with van der Waals surface area (Å²) in [4.78, 5) is 4.12. The molecule has 0 aromatic carbocycles. The van der Waals surface area contributed by atoms with Gasteiger partial charge in [-0.3, -0.25) is 0 Å². The first-order valence-electron chi connectivity index (χ1n) is 4.57. The molecule has 0 bridgehead atoms. The molecule has 1 aromatic heterocycles. The first-order chi connectivity index (χ1) is 6.90. The highest BCUT2D eigenvalue weighted by atomic mass is 16.5. The molecule has 5 heteroatoms. The van der Waals surface area contributed by atoms with Gasteiger partial charge < -0.3 is 10.2 Å². The Morgan fingerprint density at radius 1 is 1.50 bits per heavy atom. The minimum Gasteiger partial charge on any atom is -0.378 e. The zero-order valence-electron chi connectivity index (χ0n) is 7.81. The van der Waals surface area contributed by atoms with Gasteiger partial charge in [-0.05, 0) is 11.6 Å². The molecule has 75 valence electrons. The molecule has 1 aliphatic heterocycles. The molecule has 0 aliphatic carbocycles. The highest BCUT2D eigenvalue weighted by molar-refractivity contribution is 5.34. The topological polar surface area (TPSA) is 74.3 Å². The van der Waals surface area contributed by atoms with Crippen LogP contribution in [0.25, 0.3) is 0 Å². The van der Waals surface area contributed by atoms with Gasteiger partial charge in [0.2, 0.25) is 0 Å².